The number of hydrogen-bond donors (Lipinski definition) is 0. The van der Waals surface area contributed by atoms with E-state index in [4.69, 9.17) is 0 Å². The number of anilines is 2. The van der Waals surface area contributed by atoms with E-state index in [0.29, 0.717) is 25.3 Å². The number of alkyl halides is 2. The van der Waals surface area contributed by atoms with Gasteiger partial charge in [-0.3, -0.25) is 19.5 Å². The molecule has 1 fully saturated rings. The highest BCUT2D eigenvalue weighted by molar-refractivity contribution is 6.31. The Morgan fingerprint density at radius 1 is 1.31 bits per heavy atom. The molecule has 1 atom stereocenters. The second-order valence-electron chi connectivity index (χ2n) is 9.78. The van der Waals surface area contributed by atoms with Gasteiger partial charge < -0.3 is 4.57 Å². The van der Waals surface area contributed by atoms with Crippen molar-refractivity contribution >= 4 is 29.5 Å². The van der Waals surface area contributed by atoms with E-state index in [1.54, 1.807) is 33.2 Å². The van der Waals surface area contributed by atoms with E-state index in [1.165, 1.54) is 28.7 Å². The van der Waals surface area contributed by atoms with Crippen molar-refractivity contribution in [2.75, 3.05) is 16.8 Å². The lowest BCUT2D eigenvalue weighted by Crippen LogP contribution is -2.45. The smallest absolute Gasteiger partial charge is 0.273 e. The van der Waals surface area contributed by atoms with Crippen molar-refractivity contribution in [1.29, 1.82) is 5.26 Å². The van der Waals surface area contributed by atoms with Crippen molar-refractivity contribution < 1.29 is 22.8 Å². The fourth-order valence-electron chi connectivity index (χ4n) is 4.31. The van der Waals surface area contributed by atoms with Crippen LogP contribution in [-0.2, 0) is 22.6 Å². The maximum atomic E-state index is 15.5. The third kappa shape index (κ3) is 5.34. The molecular formula is C27H30F3N7O2. The Morgan fingerprint density at radius 2 is 1.97 bits per heavy atom. The predicted molar refractivity (Wildman–Crippen MR) is 140 cm³/mol. The summed E-state index contributed by atoms with van der Waals surface area (Å²) >= 11 is 0. The third-order valence-electron chi connectivity index (χ3n) is 6.59. The molecule has 2 aromatic heterocycles. The summed E-state index contributed by atoms with van der Waals surface area (Å²) in [7, 11) is 2.99. The molecule has 0 aromatic carbocycles. The number of aliphatic imine (C=N–C) groups is 1. The van der Waals surface area contributed by atoms with Gasteiger partial charge in [-0.25, -0.2) is 28.0 Å². The van der Waals surface area contributed by atoms with Crippen LogP contribution in [0.2, 0.25) is 0 Å². The number of guanidine groups is 1. The van der Waals surface area contributed by atoms with Crippen LogP contribution in [-0.4, -0.2) is 40.3 Å². The minimum atomic E-state index is -3.39. The van der Waals surface area contributed by atoms with Crippen molar-refractivity contribution in [3.05, 3.63) is 58.9 Å². The van der Waals surface area contributed by atoms with Gasteiger partial charge in [-0.2, -0.15) is 5.26 Å². The number of pyridine rings is 2. The SMILES string of the molecule is CCC(C)C(=C/C=O)/N=c1/c(F)cc(N2/C(=N/C)N(c3cnc(C#N)c(C(C)(F)F)c3)C(=O)C2(C)C)cn1C. The normalized spacial score (nSPS) is 18.1. The lowest BCUT2D eigenvalue weighted by atomic mass is 10.0. The molecular weight excluding hydrogens is 511 g/mol. The van der Waals surface area contributed by atoms with Gasteiger partial charge in [0.15, 0.2) is 11.3 Å². The van der Waals surface area contributed by atoms with Crippen molar-refractivity contribution in [1.82, 2.24) is 9.55 Å². The molecule has 3 rings (SSSR count). The molecule has 1 unspecified atom stereocenters. The Balaban J connectivity index is 2.19. The highest BCUT2D eigenvalue weighted by Gasteiger charge is 2.51. The standard InChI is InChI=1S/C27H30F3N7O2/c1-8-16(2)21(9-10-38)34-23-20(28)12-18(15-35(23)7)37-25(32-6)36(24(39)26(37,3)4)17-11-19(27(5,29)30)22(13-31)33-14-17/h9-12,14-16H,8H2,1-7H3/b21-9-,32-25+,34-23-. The van der Waals surface area contributed by atoms with Gasteiger partial charge in [0.1, 0.15) is 23.6 Å². The molecule has 0 aliphatic carbocycles. The Hall–Kier alpha value is -4.27. The average molecular weight is 542 g/mol. The molecule has 2 aromatic rings. The molecule has 0 bridgehead atoms. The first kappa shape index (κ1) is 29.3. The quantitative estimate of drug-likeness (QED) is 0.386. The molecule has 1 saturated heterocycles. The summed E-state index contributed by atoms with van der Waals surface area (Å²) in [6, 6.07) is 3.87. The van der Waals surface area contributed by atoms with E-state index in [2.05, 4.69) is 15.0 Å². The number of hydrogen-bond acceptors (Lipinski definition) is 6. The van der Waals surface area contributed by atoms with Crippen LogP contribution < -0.4 is 15.3 Å². The number of nitrogens with zero attached hydrogens (tertiary/aromatic N) is 7. The molecule has 0 N–H and O–H groups in total. The minimum absolute atomic E-state index is 0.0136. The lowest BCUT2D eigenvalue weighted by Gasteiger charge is -2.30. The molecule has 12 heteroatoms. The highest BCUT2D eigenvalue weighted by atomic mass is 19.3. The summed E-state index contributed by atoms with van der Waals surface area (Å²) in [5.74, 6) is -4.66. The van der Waals surface area contributed by atoms with Crippen LogP contribution in [0.15, 0.2) is 46.3 Å². The molecule has 39 heavy (non-hydrogen) atoms. The van der Waals surface area contributed by atoms with E-state index >= 15 is 4.39 Å². The Labute approximate surface area is 224 Å². The molecule has 1 aliphatic rings. The van der Waals surface area contributed by atoms with Gasteiger partial charge in [0.05, 0.1) is 23.1 Å². The van der Waals surface area contributed by atoms with E-state index in [9.17, 15) is 23.6 Å². The number of halogens is 3. The molecule has 9 nitrogen and oxygen atoms in total. The summed E-state index contributed by atoms with van der Waals surface area (Å²) in [5, 5.41) is 9.24. The number of aryl methyl sites for hydroxylation is 1. The first-order chi connectivity index (χ1) is 18.2. The molecule has 0 spiro atoms. The van der Waals surface area contributed by atoms with Crippen LogP contribution in [0, 0.1) is 23.1 Å². The van der Waals surface area contributed by atoms with Crippen LogP contribution in [0.3, 0.4) is 0 Å². The number of carbonyl (C=O) groups is 2. The minimum Gasteiger partial charge on any atom is -0.332 e. The van der Waals surface area contributed by atoms with Crippen LogP contribution in [0.5, 0.6) is 0 Å². The zero-order valence-corrected chi connectivity index (χ0v) is 22.8. The molecule has 0 radical (unpaired) electrons. The first-order valence-corrected chi connectivity index (χ1v) is 12.2. The Morgan fingerprint density at radius 3 is 2.49 bits per heavy atom. The number of aromatic nitrogens is 2. The Kier molecular flexibility index (Phi) is 8.14. The zero-order valence-electron chi connectivity index (χ0n) is 22.8. The fourth-order valence-corrected chi connectivity index (χ4v) is 4.31. The van der Waals surface area contributed by atoms with Crippen molar-refractivity contribution in [2.45, 2.75) is 52.5 Å². The molecule has 3 heterocycles. The largest absolute Gasteiger partial charge is 0.332 e. The van der Waals surface area contributed by atoms with Gasteiger partial charge in [-0.1, -0.05) is 13.8 Å². The monoisotopic (exact) mass is 541 g/mol. The van der Waals surface area contributed by atoms with Gasteiger partial charge in [-0.05, 0) is 38.3 Å². The number of allylic oxidation sites excluding steroid dienone is 2. The van der Waals surface area contributed by atoms with E-state index in [-0.39, 0.29) is 28.7 Å². The second kappa shape index (κ2) is 10.8. The van der Waals surface area contributed by atoms with Gasteiger partial charge in [-0.15, -0.1) is 0 Å². The van der Waals surface area contributed by atoms with Crippen LogP contribution in [0.4, 0.5) is 24.5 Å². The maximum absolute atomic E-state index is 15.5. The molecule has 0 saturated carbocycles. The number of carbonyl (C=O) groups excluding carboxylic acids is 2. The molecule has 1 aliphatic heterocycles. The summed E-state index contributed by atoms with van der Waals surface area (Å²) in [4.78, 5) is 39.8. The number of nitriles is 1. The van der Waals surface area contributed by atoms with Crippen LogP contribution >= 0.6 is 0 Å². The molecule has 206 valence electrons. The van der Waals surface area contributed by atoms with Crippen molar-refractivity contribution in [3.63, 3.8) is 0 Å². The summed E-state index contributed by atoms with van der Waals surface area (Å²) in [5.41, 5.74) is -1.76. The average Bonchev–Trinajstić information content (AvgIpc) is 3.08. The topological polar surface area (TPSA) is 107 Å². The number of rotatable bonds is 7. The number of amides is 1. The second-order valence-corrected chi connectivity index (χ2v) is 9.78. The maximum Gasteiger partial charge on any atom is 0.273 e. The zero-order chi connectivity index (χ0) is 29.3. The van der Waals surface area contributed by atoms with Crippen LogP contribution in [0.1, 0.15) is 52.3 Å². The molecule has 1 amide bonds. The van der Waals surface area contributed by atoms with E-state index < -0.39 is 34.4 Å². The number of aldehydes is 1. The summed E-state index contributed by atoms with van der Waals surface area (Å²) < 4.78 is 45.4. The summed E-state index contributed by atoms with van der Waals surface area (Å²) in [6.45, 7) is 7.63. The van der Waals surface area contributed by atoms with E-state index in [1.807, 2.05) is 13.8 Å². The van der Waals surface area contributed by atoms with Crippen molar-refractivity contribution in [2.24, 2.45) is 23.0 Å². The Bertz CT molecular complexity index is 1450. The van der Waals surface area contributed by atoms with Crippen molar-refractivity contribution in [3.8, 4) is 6.07 Å². The lowest BCUT2D eigenvalue weighted by molar-refractivity contribution is -0.120. The van der Waals surface area contributed by atoms with E-state index in [0.717, 1.165) is 17.2 Å². The van der Waals surface area contributed by atoms with Crippen LogP contribution in [0.25, 0.3) is 0 Å². The van der Waals surface area contributed by atoms with Gasteiger partial charge in [0, 0.05) is 39.0 Å². The fraction of sp³-hybridized carbons (Fsp3) is 0.407. The third-order valence-corrected chi connectivity index (χ3v) is 6.59. The van der Waals surface area contributed by atoms with Gasteiger partial charge in [0.2, 0.25) is 5.96 Å². The first-order valence-electron chi connectivity index (χ1n) is 12.2. The highest BCUT2D eigenvalue weighted by Crippen LogP contribution is 2.38. The predicted octanol–water partition coefficient (Wildman–Crippen LogP) is 4.19. The summed E-state index contributed by atoms with van der Waals surface area (Å²) in [6.07, 6.45) is 5.30. The van der Waals surface area contributed by atoms with Gasteiger partial charge in [0.25, 0.3) is 11.8 Å². The van der Waals surface area contributed by atoms with Gasteiger partial charge >= 0.3 is 0 Å².